The second-order valence-corrected chi connectivity index (χ2v) is 5.17. The Morgan fingerprint density at radius 1 is 1.44 bits per heavy atom. The summed E-state index contributed by atoms with van der Waals surface area (Å²) in [6.07, 6.45) is 5.11. The van der Waals surface area contributed by atoms with Crippen LogP contribution in [0.25, 0.3) is 0 Å². The van der Waals surface area contributed by atoms with Crippen molar-refractivity contribution in [1.29, 1.82) is 0 Å². The molecule has 0 aliphatic heterocycles. The maximum absolute atomic E-state index is 6.01. The Balaban J connectivity index is 2.61. The molecule has 0 bridgehead atoms. The number of hydrogen-bond acceptors (Lipinski definition) is 2. The van der Waals surface area contributed by atoms with Crippen molar-refractivity contribution in [3.63, 3.8) is 0 Å². The zero-order valence-corrected chi connectivity index (χ0v) is 11.5. The van der Waals surface area contributed by atoms with Crippen molar-refractivity contribution >= 4 is 23.2 Å². The van der Waals surface area contributed by atoms with Crippen LogP contribution in [-0.2, 0) is 0 Å². The SMILES string of the molecule is CCN(CC(Cl)=CCl)C1CCCCC1CN. The molecule has 2 unspecified atom stereocenters. The van der Waals surface area contributed by atoms with E-state index in [1.165, 1.54) is 31.2 Å². The van der Waals surface area contributed by atoms with Crippen LogP contribution in [0.4, 0.5) is 0 Å². The van der Waals surface area contributed by atoms with Crippen LogP contribution >= 0.6 is 23.2 Å². The van der Waals surface area contributed by atoms with Crippen LogP contribution in [0, 0.1) is 5.92 Å². The van der Waals surface area contributed by atoms with Crippen molar-refractivity contribution in [3.05, 3.63) is 10.6 Å². The lowest BCUT2D eigenvalue weighted by Crippen LogP contribution is -2.45. The predicted molar refractivity (Wildman–Crippen MR) is 71.8 cm³/mol. The summed E-state index contributed by atoms with van der Waals surface area (Å²) in [5.74, 6) is 0.619. The number of hydrogen-bond donors (Lipinski definition) is 1. The summed E-state index contributed by atoms with van der Waals surface area (Å²) in [7, 11) is 0. The maximum atomic E-state index is 6.01. The molecule has 2 N–H and O–H groups in total. The second kappa shape index (κ2) is 7.54. The maximum Gasteiger partial charge on any atom is 0.0434 e. The summed E-state index contributed by atoms with van der Waals surface area (Å²) in [4.78, 5) is 2.40. The molecular weight excluding hydrogens is 243 g/mol. The Labute approximate surface area is 109 Å². The highest BCUT2D eigenvalue weighted by Gasteiger charge is 2.28. The highest BCUT2D eigenvalue weighted by molar-refractivity contribution is 6.36. The lowest BCUT2D eigenvalue weighted by atomic mass is 9.83. The molecule has 94 valence electrons. The first-order valence-electron chi connectivity index (χ1n) is 6.11. The molecule has 2 nitrogen and oxygen atoms in total. The molecule has 0 radical (unpaired) electrons. The summed E-state index contributed by atoms with van der Waals surface area (Å²) in [6, 6.07) is 0.578. The summed E-state index contributed by atoms with van der Waals surface area (Å²) in [5.41, 5.74) is 7.31. The normalized spacial score (nSPS) is 27.4. The van der Waals surface area contributed by atoms with Crippen LogP contribution in [-0.4, -0.2) is 30.6 Å². The highest BCUT2D eigenvalue weighted by Crippen LogP contribution is 2.28. The molecule has 4 heteroatoms. The first-order chi connectivity index (χ1) is 7.72. The standard InChI is InChI=1S/C12H22Cl2N2/c1-2-16(9-11(14)7-13)12-6-4-3-5-10(12)8-15/h7,10,12H,2-6,8-9,15H2,1H3. The van der Waals surface area contributed by atoms with Gasteiger partial charge in [-0.1, -0.05) is 43.0 Å². The van der Waals surface area contributed by atoms with Crippen LogP contribution in [0.2, 0.25) is 0 Å². The molecule has 0 heterocycles. The van der Waals surface area contributed by atoms with E-state index in [0.717, 1.165) is 19.6 Å². The van der Waals surface area contributed by atoms with Gasteiger partial charge in [0, 0.05) is 23.2 Å². The zero-order chi connectivity index (χ0) is 12.0. The molecule has 0 spiro atoms. The van der Waals surface area contributed by atoms with Gasteiger partial charge < -0.3 is 5.73 Å². The van der Waals surface area contributed by atoms with Gasteiger partial charge in [0.2, 0.25) is 0 Å². The van der Waals surface area contributed by atoms with Gasteiger partial charge in [0.05, 0.1) is 0 Å². The van der Waals surface area contributed by atoms with Gasteiger partial charge in [-0.05, 0) is 31.8 Å². The Hall–Kier alpha value is 0.240. The average molecular weight is 265 g/mol. The minimum absolute atomic E-state index is 0.578. The Morgan fingerprint density at radius 3 is 2.69 bits per heavy atom. The number of rotatable bonds is 5. The van der Waals surface area contributed by atoms with Gasteiger partial charge in [-0.3, -0.25) is 4.90 Å². The molecule has 16 heavy (non-hydrogen) atoms. The zero-order valence-electron chi connectivity index (χ0n) is 9.96. The van der Waals surface area contributed by atoms with E-state index in [-0.39, 0.29) is 0 Å². The second-order valence-electron chi connectivity index (χ2n) is 4.47. The third-order valence-electron chi connectivity index (χ3n) is 3.52. The van der Waals surface area contributed by atoms with Crippen molar-refractivity contribution in [1.82, 2.24) is 4.90 Å². The van der Waals surface area contributed by atoms with Crippen LogP contribution in [0.15, 0.2) is 10.6 Å². The molecular formula is C12H22Cl2N2. The molecule has 1 fully saturated rings. The monoisotopic (exact) mass is 264 g/mol. The average Bonchev–Trinajstić information content (AvgIpc) is 2.35. The predicted octanol–water partition coefficient (Wildman–Crippen LogP) is 3.14. The molecule has 1 saturated carbocycles. The molecule has 1 aliphatic rings. The summed E-state index contributed by atoms with van der Waals surface area (Å²) in [6.45, 7) is 4.70. The van der Waals surface area contributed by atoms with Crippen molar-refractivity contribution < 1.29 is 0 Å². The van der Waals surface area contributed by atoms with Gasteiger partial charge >= 0.3 is 0 Å². The summed E-state index contributed by atoms with van der Waals surface area (Å²) < 4.78 is 0. The van der Waals surface area contributed by atoms with Crippen molar-refractivity contribution in [2.45, 2.75) is 38.6 Å². The Bertz CT molecular complexity index is 231. The minimum atomic E-state index is 0.578. The van der Waals surface area contributed by atoms with E-state index in [9.17, 15) is 0 Å². The number of nitrogens with zero attached hydrogens (tertiary/aromatic N) is 1. The molecule has 0 aromatic carbocycles. The van der Waals surface area contributed by atoms with Crippen LogP contribution in [0.5, 0.6) is 0 Å². The van der Waals surface area contributed by atoms with Gasteiger partial charge in [0.15, 0.2) is 0 Å². The van der Waals surface area contributed by atoms with Crippen molar-refractivity contribution in [3.8, 4) is 0 Å². The van der Waals surface area contributed by atoms with E-state index in [2.05, 4.69) is 11.8 Å². The molecule has 0 aromatic rings. The third kappa shape index (κ3) is 3.92. The number of nitrogens with two attached hydrogens (primary N) is 1. The summed E-state index contributed by atoms with van der Waals surface area (Å²) >= 11 is 11.6. The fourth-order valence-corrected chi connectivity index (χ4v) is 2.86. The largest absolute Gasteiger partial charge is 0.330 e. The lowest BCUT2D eigenvalue weighted by Gasteiger charge is -2.39. The fourth-order valence-electron chi connectivity index (χ4n) is 2.64. The minimum Gasteiger partial charge on any atom is -0.330 e. The van der Waals surface area contributed by atoms with Gasteiger partial charge in [-0.25, -0.2) is 0 Å². The quantitative estimate of drug-likeness (QED) is 0.827. The van der Waals surface area contributed by atoms with E-state index < -0.39 is 0 Å². The summed E-state index contributed by atoms with van der Waals surface area (Å²) in [5, 5.41) is 0.713. The molecule has 1 aliphatic carbocycles. The lowest BCUT2D eigenvalue weighted by molar-refractivity contribution is 0.123. The molecule has 0 aromatic heterocycles. The first-order valence-corrected chi connectivity index (χ1v) is 6.93. The molecule has 1 rings (SSSR count). The Kier molecular flexibility index (Phi) is 6.74. The fraction of sp³-hybridized carbons (Fsp3) is 0.833. The highest BCUT2D eigenvalue weighted by atomic mass is 35.5. The van der Waals surface area contributed by atoms with E-state index in [1.54, 1.807) is 0 Å². The molecule has 0 amide bonds. The van der Waals surface area contributed by atoms with E-state index in [1.807, 2.05) is 0 Å². The van der Waals surface area contributed by atoms with Crippen LogP contribution in [0.1, 0.15) is 32.6 Å². The van der Waals surface area contributed by atoms with E-state index >= 15 is 0 Å². The van der Waals surface area contributed by atoms with Crippen LogP contribution < -0.4 is 5.73 Å². The third-order valence-corrected chi connectivity index (χ3v) is 4.12. The van der Waals surface area contributed by atoms with Gasteiger partial charge in [-0.2, -0.15) is 0 Å². The van der Waals surface area contributed by atoms with Crippen LogP contribution in [0.3, 0.4) is 0 Å². The molecule has 2 atom stereocenters. The first kappa shape index (κ1) is 14.3. The molecule has 0 saturated heterocycles. The van der Waals surface area contributed by atoms with Gasteiger partial charge in [0.25, 0.3) is 0 Å². The van der Waals surface area contributed by atoms with Gasteiger partial charge in [0.1, 0.15) is 0 Å². The van der Waals surface area contributed by atoms with E-state index in [0.29, 0.717) is 17.0 Å². The smallest absolute Gasteiger partial charge is 0.0434 e. The topological polar surface area (TPSA) is 29.3 Å². The van der Waals surface area contributed by atoms with Crippen molar-refractivity contribution in [2.75, 3.05) is 19.6 Å². The van der Waals surface area contributed by atoms with E-state index in [4.69, 9.17) is 28.9 Å². The van der Waals surface area contributed by atoms with Crippen molar-refractivity contribution in [2.24, 2.45) is 11.7 Å². The number of likely N-dealkylation sites (N-methyl/N-ethyl adjacent to an activating group) is 1. The Morgan fingerprint density at radius 2 is 2.12 bits per heavy atom. The number of halogens is 2. The van der Waals surface area contributed by atoms with Gasteiger partial charge in [-0.15, -0.1) is 0 Å².